The highest BCUT2D eigenvalue weighted by molar-refractivity contribution is 9.10. The van der Waals surface area contributed by atoms with Gasteiger partial charge in [0.25, 0.3) is 0 Å². The number of carbonyl (C=O) groups is 1. The van der Waals surface area contributed by atoms with Crippen LogP contribution < -0.4 is 4.74 Å². The Kier molecular flexibility index (Phi) is 2.87. The molecule has 1 aromatic carbocycles. The summed E-state index contributed by atoms with van der Waals surface area (Å²) in [7, 11) is 1.22. The van der Waals surface area contributed by atoms with E-state index >= 15 is 0 Å². The molecule has 0 radical (unpaired) electrons. The van der Waals surface area contributed by atoms with Crippen molar-refractivity contribution in [2.45, 2.75) is 0 Å². The zero-order valence-corrected chi connectivity index (χ0v) is 8.26. The minimum atomic E-state index is -1.22. The van der Waals surface area contributed by atoms with Crippen molar-refractivity contribution in [2.75, 3.05) is 7.11 Å². The van der Waals surface area contributed by atoms with Gasteiger partial charge in [0, 0.05) is 0 Å². The van der Waals surface area contributed by atoms with Crippen LogP contribution >= 0.6 is 15.9 Å². The molecule has 0 aromatic heterocycles. The second-order valence-corrected chi connectivity index (χ2v) is 3.10. The van der Waals surface area contributed by atoms with Crippen LogP contribution in [-0.4, -0.2) is 18.2 Å². The molecule has 0 bridgehead atoms. The van der Waals surface area contributed by atoms with Gasteiger partial charge in [0.15, 0.2) is 11.6 Å². The molecule has 0 amide bonds. The van der Waals surface area contributed by atoms with Crippen LogP contribution in [0.25, 0.3) is 0 Å². The van der Waals surface area contributed by atoms with Gasteiger partial charge in [-0.3, -0.25) is 0 Å². The highest BCUT2D eigenvalue weighted by Gasteiger charge is 2.17. The summed E-state index contributed by atoms with van der Waals surface area (Å²) in [6, 6.07) is 2.59. The monoisotopic (exact) mass is 248 g/mol. The fraction of sp³-hybridized carbons (Fsp3) is 0.125. The molecule has 3 nitrogen and oxygen atoms in total. The first-order valence-electron chi connectivity index (χ1n) is 3.33. The van der Waals surface area contributed by atoms with Crippen molar-refractivity contribution in [3.63, 3.8) is 0 Å². The first kappa shape index (κ1) is 9.98. The Morgan fingerprint density at radius 1 is 1.62 bits per heavy atom. The Morgan fingerprint density at radius 2 is 2.23 bits per heavy atom. The Balaban J connectivity index is 3.38. The van der Waals surface area contributed by atoms with Crippen molar-refractivity contribution in [3.05, 3.63) is 28.0 Å². The van der Waals surface area contributed by atoms with Gasteiger partial charge in [0.2, 0.25) is 0 Å². The third kappa shape index (κ3) is 1.80. The van der Waals surface area contributed by atoms with Crippen molar-refractivity contribution in [1.29, 1.82) is 0 Å². The highest BCUT2D eigenvalue weighted by Crippen LogP contribution is 2.28. The van der Waals surface area contributed by atoms with E-state index in [1.54, 1.807) is 0 Å². The first-order chi connectivity index (χ1) is 6.07. The molecule has 13 heavy (non-hydrogen) atoms. The van der Waals surface area contributed by atoms with E-state index in [1.807, 2.05) is 0 Å². The van der Waals surface area contributed by atoms with E-state index in [1.165, 1.54) is 19.2 Å². The number of methoxy groups -OCH3 is 1. The standard InChI is InChI=1S/C8H6BrFO3/c1-13-7-4(8(11)12)2-3-5(9)6(7)10/h2-3H,1H3,(H,11,12). The summed E-state index contributed by atoms with van der Waals surface area (Å²) >= 11 is 2.92. The topological polar surface area (TPSA) is 46.5 Å². The second kappa shape index (κ2) is 3.74. The molecule has 0 saturated heterocycles. The lowest BCUT2D eigenvalue weighted by Crippen LogP contribution is -2.02. The Hall–Kier alpha value is -1.10. The number of ether oxygens (including phenoxy) is 1. The molecule has 5 heteroatoms. The SMILES string of the molecule is COc1c(C(=O)O)ccc(Br)c1F. The molecule has 1 rings (SSSR count). The van der Waals surface area contributed by atoms with Gasteiger partial charge < -0.3 is 9.84 Å². The predicted octanol–water partition coefficient (Wildman–Crippen LogP) is 2.29. The van der Waals surface area contributed by atoms with Gasteiger partial charge in [-0.1, -0.05) is 0 Å². The molecule has 0 unspecified atom stereocenters. The fourth-order valence-electron chi connectivity index (χ4n) is 0.900. The number of carboxylic acid groups (broad SMARTS) is 1. The zero-order chi connectivity index (χ0) is 10.0. The average Bonchev–Trinajstić information content (AvgIpc) is 2.09. The van der Waals surface area contributed by atoms with Crippen LogP contribution in [0, 0.1) is 5.82 Å². The zero-order valence-electron chi connectivity index (χ0n) is 6.67. The minimum Gasteiger partial charge on any atom is -0.493 e. The number of aromatic carboxylic acids is 1. The van der Waals surface area contributed by atoms with Crippen LogP contribution in [0.2, 0.25) is 0 Å². The molecule has 70 valence electrons. The van der Waals surface area contributed by atoms with Crippen LogP contribution in [0.15, 0.2) is 16.6 Å². The highest BCUT2D eigenvalue weighted by atomic mass is 79.9. The second-order valence-electron chi connectivity index (χ2n) is 2.25. The van der Waals surface area contributed by atoms with E-state index in [0.29, 0.717) is 0 Å². The first-order valence-corrected chi connectivity index (χ1v) is 4.12. The lowest BCUT2D eigenvalue weighted by atomic mass is 10.2. The molecule has 0 saturated carbocycles. The third-order valence-electron chi connectivity index (χ3n) is 1.48. The summed E-state index contributed by atoms with van der Waals surface area (Å²) < 4.78 is 18.0. The van der Waals surface area contributed by atoms with Gasteiger partial charge in [-0.15, -0.1) is 0 Å². The number of rotatable bonds is 2. The molecule has 1 aromatic rings. The van der Waals surface area contributed by atoms with Crippen molar-refractivity contribution >= 4 is 21.9 Å². The predicted molar refractivity (Wildman–Crippen MR) is 47.6 cm³/mol. The minimum absolute atomic E-state index is 0.175. The average molecular weight is 249 g/mol. The van der Waals surface area contributed by atoms with E-state index in [-0.39, 0.29) is 15.8 Å². The largest absolute Gasteiger partial charge is 0.493 e. The Morgan fingerprint density at radius 3 is 2.69 bits per heavy atom. The molecule has 0 spiro atoms. The number of carboxylic acids is 1. The van der Waals surface area contributed by atoms with Crippen molar-refractivity contribution in [1.82, 2.24) is 0 Å². The summed E-state index contributed by atoms with van der Waals surface area (Å²) in [5.74, 6) is -2.19. The number of halogens is 2. The van der Waals surface area contributed by atoms with Gasteiger partial charge in [-0.25, -0.2) is 9.18 Å². The summed E-state index contributed by atoms with van der Waals surface area (Å²) in [5, 5.41) is 8.65. The quantitative estimate of drug-likeness (QED) is 0.874. The van der Waals surface area contributed by atoms with Crippen LogP contribution in [-0.2, 0) is 0 Å². The van der Waals surface area contributed by atoms with Crippen molar-refractivity contribution < 1.29 is 19.0 Å². The Labute approximate surface area is 82.3 Å². The summed E-state index contributed by atoms with van der Waals surface area (Å²) in [4.78, 5) is 10.6. The molecule has 0 aliphatic heterocycles. The molecule has 1 N–H and O–H groups in total. The van der Waals surface area contributed by atoms with Crippen LogP contribution in [0.3, 0.4) is 0 Å². The maximum atomic E-state index is 13.2. The molecule has 0 fully saturated rings. The number of hydrogen-bond acceptors (Lipinski definition) is 2. The van der Waals surface area contributed by atoms with Gasteiger partial charge in [0.1, 0.15) is 5.56 Å². The molecule has 0 aliphatic carbocycles. The van der Waals surface area contributed by atoms with Gasteiger partial charge >= 0.3 is 5.97 Å². The summed E-state index contributed by atoms with van der Waals surface area (Å²) in [5.41, 5.74) is -0.191. The van der Waals surface area contributed by atoms with E-state index in [4.69, 9.17) is 5.11 Å². The molecule has 0 atom stereocenters. The van der Waals surface area contributed by atoms with Gasteiger partial charge in [-0.2, -0.15) is 0 Å². The smallest absolute Gasteiger partial charge is 0.339 e. The number of benzene rings is 1. The van der Waals surface area contributed by atoms with E-state index in [9.17, 15) is 9.18 Å². The maximum absolute atomic E-state index is 13.2. The van der Waals surface area contributed by atoms with Crippen LogP contribution in [0.4, 0.5) is 4.39 Å². The summed E-state index contributed by atoms with van der Waals surface area (Å²) in [6.07, 6.45) is 0. The molecule has 0 aliphatic rings. The van der Waals surface area contributed by atoms with Crippen molar-refractivity contribution in [2.24, 2.45) is 0 Å². The Bertz CT molecular complexity index is 351. The summed E-state index contributed by atoms with van der Waals surface area (Å²) in [6.45, 7) is 0. The molecular weight excluding hydrogens is 243 g/mol. The molecule has 0 heterocycles. The van der Waals surface area contributed by atoms with Crippen molar-refractivity contribution in [3.8, 4) is 5.75 Å². The lowest BCUT2D eigenvalue weighted by Gasteiger charge is -2.06. The van der Waals surface area contributed by atoms with Crippen LogP contribution in [0.5, 0.6) is 5.75 Å². The number of hydrogen-bond donors (Lipinski definition) is 1. The normalized spacial score (nSPS) is 9.77. The van der Waals surface area contributed by atoms with Gasteiger partial charge in [0.05, 0.1) is 11.6 Å². The van der Waals surface area contributed by atoms with E-state index in [0.717, 1.165) is 0 Å². The van der Waals surface area contributed by atoms with E-state index in [2.05, 4.69) is 20.7 Å². The van der Waals surface area contributed by atoms with Gasteiger partial charge in [-0.05, 0) is 28.1 Å². The lowest BCUT2D eigenvalue weighted by molar-refractivity contribution is 0.0692. The third-order valence-corrected chi connectivity index (χ3v) is 2.10. The fourth-order valence-corrected chi connectivity index (χ4v) is 1.21. The van der Waals surface area contributed by atoms with E-state index < -0.39 is 11.8 Å². The molecular formula is C8H6BrFO3. The maximum Gasteiger partial charge on any atom is 0.339 e. The van der Waals surface area contributed by atoms with Crippen LogP contribution in [0.1, 0.15) is 10.4 Å².